The zero-order valence-electron chi connectivity index (χ0n) is 10.8. The van der Waals surface area contributed by atoms with Gasteiger partial charge in [-0.15, -0.1) is 0 Å². The lowest BCUT2D eigenvalue weighted by Crippen LogP contribution is -2.19. The lowest BCUT2D eigenvalue weighted by molar-refractivity contribution is 0.213. The molecule has 1 aromatic carbocycles. The lowest BCUT2D eigenvalue weighted by atomic mass is 10.0. The second-order valence-electron chi connectivity index (χ2n) is 4.58. The number of benzene rings is 1. The summed E-state index contributed by atoms with van der Waals surface area (Å²) in [5.41, 5.74) is 8.26. The van der Waals surface area contributed by atoms with Crippen LogP contribution in [0.2, 0.25) is 0 Å². The molecule has 0 saturated heterocycles. The van der Waals surface area contributed by atoms with Crippen LogP contribution in [0.5, 0.6) is 5.75 Å². The molecule has 1 aromatic rings. The van der Waals surface area contributed by atoms with E-state index in [4.69, 9.17) is 10.5 Å². The summed E-state index contributed by atoms with van der Waals surface area (Å²) in [5, 5.41) is 0. The molecule has 90 valence electrons. The van der Waals surface area contributed by atoms with Gasteiger partial charge in [-0.25, -0.2) is 0 Å². The second-order valence-corrected chi connectivity index (χ2v) is 4.58. The van der Waals surface area contributed by atoms with Crippen LogP contribution in [-0.2, 0) is 6.42 Å². The highest BCUT2D eigenvalue weighted by Gasteiger charge is 2.11. The molecule has 0 aromatic heterocycles. The minimum absolute atomic E-state index is 0.168. The first-order chi connectivity index (χ1) is 7.54. The van der Waals surface area contributed by atoms with Gasteiger partial charge in [0.2, 0.25) is 0 Å². The van der Waals surface area contributed by atoms with Gasteiger partial charge in [-0.2, -0.15) is 0 Å². The Hall–Kier alpha value is -1.02. The summed E-state index contributed by atoms with van der Waals surface area (Å²) in [6, 6.07) is 6.42. The molecule has 16 heavy (non-hydrogen) atoms. The quantitative estimate of drug-likeness (QED) is 0.829. The number of rotatable bonds is 5. The van der Waals surface area contributed by atoms with Crippen molar-refractivity contribution in [3.63, 3.8) is 0 Å². The average molecular weight is 221 g/mol. The predicted octanol–water partition coefficient (Wildman–Crippen LogP) is 3.06. The van der Waals surface area contributed by atoms with E-state index in [1.165, 1.54) is 11.1 Å². The normalized spacial score (nSPS) is 14.6. The number of nitrogens with two attached hydrogens (primary N) is 1. The van der Waals surface area contributed by atoms with Crippen molar-refractivity contribution in [3.8, 4) is 5.75 Å². The number of aryl methyl sites for hydroxylation is 1. The zero-order chi connectivity index (χ0) is 12.1. The first-order valence-electron chi connectivity index (χ1n) is 6.05. The van der Waals surface area contributed by atoms with Crippen molar-refractivity contribution >= 4 is 0 Å². The summed E-state index contributed by atoms with van der Waals surface area (Å²) in [5.74, 6) is 1.02. The molecule has 2 atom stereocenters. The predicted molar refractivity (Wildman–Crippen MR) is 68.9 cm³/mol. The Balaban J connectivity index is 2.94. The van der Waals surface area contributed by atoms with E-state index < -0.39 is 0 Å². The van der Waals surface area contributed by atoms with Crippen LogP contribution in [0.1, 0.15) is 38.3 Å². The van der Waals surface area contributed by atoms with Crippen LogP contribution in [0.15, 0.2) is 18.2 Å². The average Bonchev–Trinajstić information content (AvgIpc) is 2.22. The van der Waals surface area contributed by atoms with Gasteiger partial charge in [-0.1, -0.05) is 25.1 Å². The SMILES string of the molecule is CCC(C)Oc1c(C)cccc1CC(C)N. The molecular weight excluding hydrogens is 198 g/mol. The maximum absolute atomic E-state index is 5.97. The van der Waals surface area contributed by atoms with Crippen molar-refractivity contribution in [2.75, 3.05) is 0 Å². The van der Waals surface area contributed by atoms with Crippen molar-refractivity contribution in [1.82, 2.24) is 0 Å². The van der Waals surface area contributed by atoms with Crippen molar-refractivity contribution < 1.29 is 4.74 Å². The minimum Gasteiger partial charge on any atom is -0.490 e. The largest absolute Gasteiger partial charge is 0.490 e. The Morgan fingerprint density at radius 2 is 2.00 bits per heavy atom. The molecule has 1 rings (SSSR count). The van der Waals surface area contributed by atoms with E-state index in [2.05, 4.69) is 39.0 Å². The third-order valence-corrected chi connectivity index (χ3v) is 2.73. The van der Waals surface area contributed by atoms with Crippen LogP contribution in [-0.4, -0.2) is 12.1 Å². The number of ether oxygens (including phenoxy) is 1. The molecule has 0 amide bonds. The molecule has 2 unspecified atom stereocenters. The molecule has 0 bridgehead atoms. The van der Waals surface area contributed by atoms with Gasteiger partial charge in [-0.3, -0.25) is 0 Å². The zero-order valence-corrected chi connectivity index (χ0v) is 10.8. The summed E-state index contributed by atoms with van der Waals surface area (Å²) in [6.07, 6.45) is 2.15. The Morgan fingerprint density at radius 3 is 2.56 bits per heavy atom. The molecule has 2 N–H and O–H groups in total. The molecular formula is C14H23NO. The van der Waals surface area contributed by atoms with Crippen LogP contribution in [0.3, 0.4) is 0 Å². The molecule has 0 heterocycles. The van der Waals surface area contributed by atoms with Crippen molar-refractivity contribution in [2.45, 2.75) is 52.7 Å². The van der Waals surface area contributed by atoms with Crippen LogP contribution in [0.4, 0.5) is 0 Å². The van der Waals surface area contributed by atoms with Gasteiger partial charge in [0.25, 0.3) is 0 Å². The van der Waals surface area contributed by atoms with Crippen molar-refractivity contribution in [2.24, 2.45) is 5.73 Å². The topological polar surface area (TPSA) is 35.2 Å². The van der Waals surface area contributed by atoms with E-state index >= 15 is 0 Å². The van der Waals surface area contributed by atoms with E-state index in [1.807, 2.05) is 6.92 Å². The Labute approximate surface area is 98.8 Å². The molecule has 2 heteroatoms. The highest BCUT2D eigenvalue weighted by Crippen LogP contribution is 2.26. The van der Waals surface area contributed by atoms with Crippen molar-refractivity contribution in [1.29, 1.82) is 0 Å². The number of hydrogen-bond donors (Lipinski definition) is 1. The van der Waals surface area contributed by atoms with E-state index in [0.29, 0.717) is 0 Å². The highest BCUT2D eigenvalue weighted by atomic mass is 16.5. The fourth-order valence-corrected chi connectivity index (χ4v) is 1.67. The fraction of sp³-hybridized carbons (Fsp3) is 0.571. The van der Waals surface area contributed by atoms with E-state index in [9.17, 15) is 0 Å². The summed E-state index contributed by atoms with van der Waals surface area (Å²) >= 11 is 0. The third kappa shape index (κ3) is 3.53. The lowest BCUT2D eigenvalue weighted by Gasteiger charge is -2.19. The van der Waals surface area contributed by atoms with E-state index in [0.717, 1.165) is 18.6 Å². The van der Waals surface area contributed by atoms with Gasteiger partial charge in [0.1, 0.15) is 5.75 Å². The smallest absolute Gasteiger partial charge is 0.125 e. The van der Waals surface area contributed by atoms with Gasteiger partial charge in [0, 0.05) is 6.04 Å². The number of hydrogen-bond acceptors (Lipinski definition) is 2. The van der Waals surface area contributed by atoms with Gasteiger partial charge >= 0.3 is 0 Å². The fourth-order valence-electron chi connectivity index (χ4n) is 1.67. The Morgan fingerprint density at radius 1 is 1.31 bits per heavy atom. The monoisotopic (exact) mass is 221 g/mol. The van der Waals surface area contributed by atoms with Crippen LogP contribution in [0.25, 0.3) is 0 Å². The molecule has 2 nitrogen and oxygen atoms in total. The van der Waals surface area contributed by atoms with Crippen molar-refractivity contribution in [3.05, 3.63) is 29.3 Å². The molecule has 0 aliphatic heterocycles. The number of para-hydroxylation sites is 1. The van der Waals surface area contributed by atoms with Gasteiger partial charge in [0.15, 0.2) is 0 Å². The first kappa shape index (κ1) is 13.0. The maximum atomic E-state index is 5.97. The van der Waals surface area contributed by atoms with Gasteiger partial charge in [0.05, 0.1) is 6.10 Å². The van der Waals surface area contributed by atoms with Gasteiger partial charge < -0.3 is 10.5 Å². The molecule has 0 spiro atoms. The summed E-state index contributed by atoms with van der Waals surface area (Å²) in [7, 11) is 0. The Kier molecular flexibility index (Phi) is 4.81. The standard InChI is InChI=1S/C14H23NO/c1-5-12(4)16-14-10(2)7-6-8-13(14)9-11(3)15/h6-8,11-12H,5,9,15H2,1-4H3. The van der Waals surface area contributed by atoms with E-state index in [1.54, 1.807) is 0 Å². The second kappa shape index (κ2) is 5.90. The molecule has 0 aliphatic carbocycles. The van der Waals surface area contributed by atoms with E-state index in [-0.39, 0.29) is 12.1 Å². The molecule has 0 aliphatic rings. The van der Waals surface area contributed by atoms with Crippen LogP contribution in [0, 0.1) is 6.92 Å². The molecule has 0 radical (unpaired) electrons. The summed E-state index contributed by atoms with van der Waals surface area (Å²) in [6.45, 7) is 8.34. The minimum atomic E-state index is 0.168. The molecule has 0 fully saturated rings. The highest BCUT2D eigenvalue weighted by molar-refractivity contribution is 5.41. The van der Waals surface area contributed by atoms with Crippen LogP contribution >= 0.6 is 0 Å². The molecule has 0 saturated carbocycles. The Bertz CT molecular complexity index is 334. The maximum Gasteiger partial charge on any atom is 0.125 e. The summed E-state index contributed by atoms with van der Waals surface area (Å²) < 4.78 is 5.97. The first-order valence-corrected chi connectivity index (χ1v) is 6.05. The van der Waals surface area contributed by atoms with Crippen LogP contribution < -0.4 is 10.5 Å². The summed E-state index contributed by atoms with van der Waals surface area (Å²) in [4.78, 5) is 0. The third-order valence-electron chi connectivity index (χ3n) is 2.73. The van der Waals surface area contributed by atoms with Gasteiger partial charge in [-0.05, 0) is 44.7 Å².